The van der Waals surface area contributed by atoms with Crippen molar-refractivity contribution in [2.24, 2.45) is 5.41 Å². The maximum absolute atomic E-state index is 5.85. The molecule has 0 unspecified atom stereocenters. The maximum Gasteiger partial charge on any atom is 0.164 e. The van der Waals surface area contributed by atoms with Crippen LogP contribution in [0.5, 0.6) is 0 Å². The van der Waals surface area contributed by atoms with Crippen molar-refractivity contribution in [3.05, 3.63) is 11.2 Å². The SMILES string of the molecule is CC1(Cn2cc(Cl)c(N)n2)CCCC1. The van der Waals surface area contributed by atoms with E-state index in [4.69, 9.17) is 17.3 Å². The number of nitrogens with two attached hydrogens (primary N) is 1. The minimum atomic E-state index is 0.391. The first kappa shape index (κ1) is 9.84. The summed E-state index contributed by atoms with van der Waals surface area (Å²) in [5.41, 5.74) is 5.98. The van der Waals surface area contributed by atoms with Crippen LogP contribution in [0.25, 0.3) is 0 Å². The number of hydrogen-bond donors (Lipinski definition) is 1. The molecule has 0 bridgehead atoms. The smallest absolute Gasteiger partial charge is 0.164 e. The van der Waals surface area contributed by atoms with Gasteiger partial charge in [0.1, 0.15) is 5.02 Å². The van der Waals surface area contributed by atoms with Gasteiger partial charge in [-0.3, -0.25) is 4.68 Å². The Morgan fingerprint density at radius 3 is 2.71 bits per heavy atom. The van der Waals surface area contributed by atoms with E-state index in [2.05, 4.69) is 12.0 Å². The molecule has 1 aliphatic rings. The molecule has 1 aliphatic carbocycles. The van der Waals surface area contributed by atoms with Gasteiger partial charge in [-0.05, 0) is 18.3 Å². The van der Waals surface area contributed by atoms with E-state index in [1.165, 1.54) is 25.7 Å². The van der Waals surface area contributed by atoms with Gasteiger partial charge in [0.2, 0.25) is 0 Å². The van der Waals surface area contributed by atoms with E-state index in [0.29, 0.717) is 16.3 Å². The summed E-state index contributed by atoms with van der Waals surface area (Å²) in [7, 11) is 0. The molecule has 0 radical (unpaired) electrons. The van der Waals surface area contributed by atoms with Gasteiger partial charge < -0.3 is 5.73 Å². The number of nitrogen functional groups attached to an aromatic ring is 1. The van der Waals surface area contributed by atoms with E-state index >= 15 is 0 Å². The van der Waals surface area contributed by atoms with Crippen molar-refractivity contribution in [2.45, 2.75) is 39.2 Å². The van der Waals surface area contributed by atoms with Crippen molar-refractivity contribution in [1.29, 1.82) is 0 Å². The highest BCUT2D eigenvalue weighted by atomic mass is 35.5. The molecule has 2 N–H and O–H groups in total. The summed E-state index contributed by atoms with van der Waals surface area (Å²) in [5, 5.41) is 4.74. The van der Waals surface area contributed by atoms with E-state index < -0.39 is 0 Å². The fourth-order valence-electron chi connectivity index (χ4n) is 2.27. The Balaban J connectivity index is 2.10. The van der Waals surface area contributed by atoms with Gasteiger partial charge >= 0.3 is 0 Å². The first-order chi connectivity index (χ1) is 6.59. The summed E-state index contributed by atoms with van der Waals surface area (Å²) in [6.45, 7) is 3.25. The molecule has 0 saturated heterocycles. The maximum atomic E-state index is 5.85. The minimum Gasteiger partial charge on any atom is -0.381 e. The van der Waals surface area contributed by atoms with Crippen LogP contribution in [0.2, 0.25) is 5.02 Å². The van der Waals surface area contributed by atoms with Crippen LogP contribution in [0.15, 0.2) is 6.20 Å². The molecule has 1 aromatic rings. The number of aromatic nitrogens is 2. The predicted molar refractivity (Wildman–Crippen MR) is 58.2 cm³/mol. The van der Waals surface area contributed by atoms with Crippen LogP contribution in [0.4, 0.5) is 5.82 Å². The molecule has 1 aromatic heterocycles. The van der Waals surface area contributed by atoms with Crippen LogP contribution in [-0.4, -0.2) is 9.78 Å². The van der Waals surface area contributed by atoms with Crippen molar-refractivity contribution in [2.75, 3.05) is 5.73 Å². The van der Waals surface area contributed by atoms with Gasteiger partial charge in [-0.1, -0.05) is 31.4 Å². The first-order valence-electron chi connectivity index (χ1n) is 5.08. The summed E-state index contributed by atoms with van der Waals surface area (Å²) < 4.78 is 1.88. The van der Waals surface area contributed by atoms with Crippen molar-refractivity contribution in [3.63, 3.8) is 0 Å². The third-order valence-corrected chi connectivity index (χ3v) is 3.39. The van der Waals surface area contributed by atoms with E-state index in [1.807, 2.05) is 10.9 Å². The number of nitrogens with zero attached hydrogens (tertiary/aromatic N) is 2. The Morgan fingerprint density at radius 2 is 2.21 bits per heavy atom. The lowest BCUT2D eigenvalue weighted by molar-refractivity contribution is 0.268. The normalized spacial score (nSPS) is 20.1. The molecule has 1 saturated carbocycles. The van der Waals surface area contributed by atoms with Crippen molar-refractivity contribution >= 4 is 17.4 Å². The van der Waals surface area contributed by atoms with Crippen LogP contribution < -0.4 is 5.73 Å². The average molecular weight is 214 g/mol. The average Bonchev–Trinajstić information content (AvgIpc) is 2.62. The highest BCUT2D eigenvalue weighted by molar-refractivity contribution is 6.32. The zero-order chi connectivity index (χ0) is 10.2. The second-order valence-electron chi connectivity index (χ2n) is 4.58. The molecule has 3 nitrogen and oxygen atoms in total. The van der Waals surface area contributed by atoms with Crippen molar-refractivity contribution in [3.8, 4) is 0 Å². The molecule has 0 spiro atoms. The topological polar surface area (TPSA) is 43.8 Å². The molecule has 0 aliphatic heterocycles. The van der Waals surface area contributed by atoms with Crippen LogP contribution in [0, 0.1) is 5.41 Å². The quantitative estimate of drug-likeness (QED) is 0.821. The standard InChI is InChI=1S/C10H16ClN3/c1-10(4-2-3-5-10)7-14-6-8(11)9(12)13-14/h6H,2-5,7H2,1H3,(H2,12,13). The fourth-order valence-corrected chi connectivity index (χ4v) is 2.42. The molecule has 4 heteroatoms. The van der Waals surface area contributed by atoms with Gasteiger partial charge in [0.25, 0.3) is 0 Å². The van der Waals surface area contributed by atoms with Gasteiger partial charge in [0, 0.05) is 12.7 Å². The van der Waals surface area contributed by atoms with E-state index in [0.717, 1.165) is 6.54 Å². The Labute approximate surface area is 89.2 Å². The van der Waals surface area contributed by atoms with E-state index in [1.54, 1.807) is 0 Å². The van der Waals surface area contributed by atoms with Crippen LogP contribution in [0.3, 0.4) is 0 Å². The first-order valence-corrected chi connectivity index (χ1v) is 5.45. The van der Waals surface area contributed by atoms with Crippen LogP contribution in [-0.2, 0) is 6.54 Å². The molecule has 14 heavy (non-hydrogen) atoms. The molecule has 0 amide bonds. The monoisotopic (exact) mass is 213 g/mol. The Kier molecular flexibility index (Phi) is 2.43. The third kappa shape index (κ3) is 1.87. The highest BCUT2D eigenvalue weighted by Crippen LogP contribution is 2.39. The zero-order valence-electron chi connectivity index (χ0n) is 8.46. The Bertz CT molecular complexity index is 307. The van der Waals surface area contributed by atoms with Crippen molar-refractivity contribution in [1.82, 2.24) is 9.78 Å². The summed E-state index contributed by atoms with van der Waals surface area (Å²) in [6.07, 6.45) is 7.05. The molecule has 1 heterocycles. The highest BCUT2D eigenvalue weighted by Gasteiger charge is 2.29. The molecule has 2 rings (SSSR count). The number of halogens is 1. The van der Waals surface area contributed by atoms with Gasteiger partial charge in [-0.25, -0.2) is 0 Å². The lowest BCUT2D eigenvalue weighted by Gasteiger charge is -2.22. The second-order valence-corrected chi connectivity index (χ2v) is 4.98. The molecule has 1 fully saturated rings. The van der Waals surface area contributed by atoms with Crippen LogP contribution in [0.1, 0.15) is 32.6 Å². The second kappa shape index (κ2) is 3.46. The molecular formula is C10H16ClN3. The summed E-state index contributed by atoms with van der Waals surface area (Å²) in [6, 6.07) is 0. The predicted octanol–water partition coefficient (Wildman–Crippen LogP) is 2.70. The van der Waals surface area contributed by atoms with Crippen molar-refractivity contribution < 1.29 is 0 Å². The lowest BCUT2D eigenvalue weighted by atomic mass is 9.89. The molecule has 78 valence electrons. The summed E-state index contributed by atoms with van der Waals surface area (Å²) in [5.74, 6) is 0.438. The number of rotatable bonds is 2. The van der Waals surface area contributed by atoms with Gasteiger partial charge in [0.05, 0.1) is 0 Å². The molecule has 0 aromatic carbocycles. The number of hydrogen-bond acceptors (Lipinski definition) is 2. The Hall–Kier alpha value is -0.700. The molecular weight excluding hydrogens is 198 g/mol. The molecule has 0 atom stereocenters. The summed E-state index contributed by atoms with van der Waals surface area (Å²) in [4.78, 5) is 0. The fraction of sp³-hybridized carbons (Fsp3) is 0.700. The zero-order valence-corrected chi connectivity index (χ0v) is 9.22. The largest absolute Gasteiger partial charge is 0.381 e. The third-order valence-electron chi connectivity index (χ3n) is 3.10. The summed E-state index contributed by atoms with van der Waals surface area (Å²) >= 11 is 5.85. The lowest BCUT2D eigenvalue weighted by Crippen LogP contribution is -2.19. The Morgan fingerprint density at radius 1 is 1.57 bits per heavy atom. The van der Waals surface area contributed by atoms with E-state index in [-0.39, 0.29) is 0 Å². The number of anilines is 1. The minimum absolute atomic E-state index is 0.391. The van der Waals surface area contributed by atoms with Gasteiger partial charge in [0.15, 0.2) is 5.82 Å². The van der Waals surface area contributed by atoms with Gasteiger partial charge in [-0.2, -0.15) is 5.10 Å². The van der Waals surface area contributed by atoms with Gasteiger partial charge in [-0.15, -0.1) is 0 Å². The van der Waals surface area contributed by atoms with E-state index in [9.17, 15) is 0 Å². The van der Waals surface area contributed by atoms with Crippen LogP contribution >= 0.6 is 11.6 Å².